The van der Waals surface area contributed by atoms with Crippen LogP contribution in [0.15, 0.2) is 30.3 Å². The fraction of sp³-hybridized carbons (Fsp3) is 0.429. The molecule has 0 aliphatic carbocycles. The van der Waals surface area contributed by atoms with Gasteiger partial charge in [-0.15, -0.1) is 0 Å². The van der Waals surface area contributed by atoms with Crippen LogP contribution in [-0.2, 0) is 0 Å². The molecular formula is C14H21N3O2. The highest BCUT2D eigenvalue weighted by Crippen LogP contribution is 1.97. The lowest BCUT2D eigenvalue weighted by molar-refractivity contribution is 0.0964. The summed E-state index contributed by atoms with van der Waals surface area (Å²) in [7, 11) is 0. The van der Waals surface area contributed by atoms with Crippen LogP contribution in [0.5, 0.6) is 0 Å². The Morgan fingerprint density at radius 3 is 2.32 bits per heavy atom. The molecule has 19 heavy (non-hydrogen) atoms. The molecule has 0 heterocycles. The number of urea groups is 1. The lowest BCUT2D eigenvalue weighted by Crippen LogP contribution is -2.42. The summed E-state index contributed by atoms with van der Waals surface area (Å²) in [6.07, 6.45) is 0. The van der Waals surface area contributed by atoms with E-state index in [0.717, 1.165) is 19.6 Å². The molecule has 0 atom stereocenters. The van der Waals surface area contributed by atoms with Gasteiger partial charge < -0.3 is 10.2 Å². The molecule has 1 rings (SSSR count). The maximum absolute atomic E-state index is 11.7. The molecule has 1 aromatic rings. The minimum absolute atomic E-state index is 0.388. The average molecular weight is 263 g/mol. The third-order valence-corrected chi connectivity index (χ3v) is 2.87. The highest BCUT2D eigenvalue weighted by atomic mass is 16.2. The van der Waals surface area contributed by atoms with E-state index in [1.165, 1.54) is 0 Å². The number of nitrogens with zero attached hydrogens (tertiary/aromatic N) is 1. The molecule has 2 N–H and O–H groups in total. The molecule has 0 fully saturated rings. The molecule has 0 aliphatic heterocycles. The minimum atomic E-state index is -0.457. The van der Waals surface area contributed by atoms with Crippen molar-refractivity contribution in [1.29, 1.82) is 0 Å². The molecule has 0 aliphatic rings. The van der Waals surface area contributed by atoms with Crippen molar-refractivity contribution in [3.8, 4) is 0 Å². The van der Waals surface area contributed by atoms with Gasteiger partial charge in [0.1, 0.15) is 0 Å². The Balaban J connectivity index is 2.30. The number of hydrogen-bond donors (Lipinski definition) is 2. The van der Waals surface area contributed by atoms with Crippen LogP contribution in [0.2, 0.25) is 0 Å². The van der Waals surface area contributed by atoms with Crippen molar-refractivity contribution in [2.75, 3.05) is 26.2 Å². The first-order valence-corrected chi connectivity index (χ1v) is 6.54. The lowest BCUT2D eigenvalue weighted by Gasteiger charge is -2.17. The molecule has 0 unspecified atom stereocenters. The number of likely N-dealkylation sites (N-methyl/N-ethyl adjacent to an activating group) is 1. The smallest absolute Gasteiger partial charge is 0.321 e. The second-order valence-electron chi connectivity index (χ2n) is 4.10. The Kier molecular flexibility index (Phi) is 6.60. The summed E-state index contributed by atoms with van der Waals surface area (Å²) in [5.74, 6) is -0.388. The van der Waals surface area contributed by atoms with Crippen LogP contribution in [0.3, 0.4) is 0 Å². The van der Waals surface area contributed by atoms with Gasteiger partial charge in [-0.3, -0.25) is 10.1 Å². The third-order valence-electron chi connectivity index (χ3n) is 2.87. The van der Waals surface area contributed by atoms with Crippen molar-refractivity contribution in [2.45, 2.75) is 13.8 Å². The van der Waals surface area contributed by atoms with E-state index in [9.17, 15) is 9.59 Å². The van der Waals surface area contributed by atoms with Crippen LogP contribution in [0.25, 0.3) is 0 Å². The summed E-state index contributed by atoms with van der Waals surface area (Å²) in [6.45, 7) is 7.34. The van der Waals surface area contributed by atoms with E-state index < -0.39 is 6.03 Å². The fourth-order valence-corrected chi connectivity index (χ4v) is 1.68. The molecule has 104 valence electrons. The second-order valence-corrected chi connectivity index (χ2v) is 4.10. The summed E-state index contributed by atoms with van der Waals surface area (Å²) in [5, 5.41) is 4.97. The minimum Gasteiger partial charge on any atom is -0.337 e. The molecule has 0 spiro atoms. The summed E-state index contributed by atoms with van der Waals surface area (Å²) in [4.78, 5) is 25.4. The number of imide groups is 1. The van der Waals surface area contributed by atoms with E-state index in [4.69, 9.17) is 0 Å². The normalized spacial score (nSPS) is 10.3. The second kappa shape index (κ2) is 8.26. The summed E-state index contributed by atoms with van der Waals surface area (Å²) in [5.41, 5.74) is 0.474. The van der Waals surface area contributed by atoms with Crippen LogP contribution in [-0.4, -0.2) is 43.0 Å². The molecule has 0 bridgehead atoms. The number of nitrogens with one attached hydrogen (secondary N) is 2. The van der Waals surface area contributed by atoms with Gasteiger partial charge in [-0.2, -0.15) is 0 Å². The van der Waals surface area contributed by atoms with Gasteiger partial charge >= 0.3 is 6.03 Å². The first-order valence-electron chi connectivity index (χ1n) is 6.54. The number of rotatable bonds is 6. The van der Waals surface area contributed by atoms with E-state index in [2.05, 4.69) is 29.4 Å². The highest BCUT2D eigenvalue weighted by molar-refractivity contribution is 6.04. The molecule has 0 aromatic heterocycles. The molecule has 5 heteroatoms. The number of carbonyl (C=O) groups excluding carboxylic acids is 2. The zero-order valence-corrected chi connectivity index (χ0v) is 11.5. The zero-order chi connectivity index (χ0) is 14.1. The van der Waals surface area contributed by atoms with Gasteiger partial charge in [-0.25, -0.2) is 4.79 Å². The zero-order valence-electron chi connectivity index (χ0n) is 11.5. The number of carbonyl (C=O) groups is 2. The van der Waals surface area contributed by atoms with E-state index in [1.54, 1.807) is 24.3 Å². The molecule has 3 amide bonds. The molecule has 1 aromatic carbocycles. The van der Waals surface area contributed by atoms with Crippen molar-refractivity contribution < 1.29 is 9.59 Å². The summed E-state index contributed by atoms with van der Waals surface area (Å²) < 4.78 is 0. The molecular weight excluding hydrogens is 242 g/mol. The van der Waals surface area contributed by atoms with Crippen LogP contribution >= 0.6 is 0 Å². The van der Waals surface area contributed by atoms with Crippen LogP contribution in [0.4, 0.5) is 4.79 Å². The van der Waals surface area contributed by atoms with Crippen molar-refractivity contribution in [3.05, 3.63) is 35.9 Å². The average Bonchev–Trinajstić information content (AvgIpc) is 2.44. The first kappa shape index (κ1) is 15.2. The molecule has 0 radical (unpaired) electrons. The van der Waals surface area contributed by atoms with Crippen molar-refractivity contribution >= 4 is 11.9 Å². The largest absolute Gasteiger partial charge is 0.337 e. The van der Waals surface area contributed by atoms with Crippen LogP contribution in [0, 0.1) is 0 Å². The first-order chi connectivity index (χ1) is 9.17. The van der Waals surface area contributed by atoms with Gasteiger partial charge in [-0.05, 0) is 25.2 Å². The number of hydrogen-bond acceptors (Lipinski definition) is 3. The maximum Gasteiger partial charge on any atom is 0.321 e. The molecule has 0 saturated heterocycles. The monoisotopic (exact) mass is 263 g/mol. The van der Waals surface area contributed by atoms with Gasteiger partial charge in [0.2, 0.25) is 0 Å². The summed E-state index contributed by atoms with van der Waals surface area (Å²) >= 11 is 0. The number of amides is 3. The Morgan fingerprint density at radius 1 is 1.11 bits per heavy atom. The van der Waals surface area contributed by atoms with Crippen LogP contribution in [0.1, 0.15) is 24.2 Å². The predicted octanol–water partition coefficient (Wildman–Crippen LogP) is 1.47. The van der Waals surface area contributed by atoms with Crippen molar-refractivity contribution in [1.82, 2.24) is 15.5 Å². The van der Waals surface area contributed by atoms with Gasteiger partial charge in [0, 0.05) is 18.7 Å². The van der Waals surface area contributed by atoms with Crippen LogP contribution < -0.4 is 10.6 Å². The van der Waals surface area contributed by atoms with E-state index >= 15 is 0 Å². The summed E-state index contributed by atoms with van der Waals surface area (Å²) in [6, 6.07) is 8.21. The van der Waals surface area contributed by atoms with E-state index in [1.807, 2.05) is 6.07 Å². The van der Waals surface area contributed by atoms with Gasteiger partial charge in [0.15, 0.2) is 0 Å². The molecule has 5 nitrogen and oxygen atoms in total. The third kappa shape index (κ3) is 5.52. The Bertz CT molecular complexity index is 402. The maximum atomic E-state index is 11.7. The SMILES string of the molecule is CCN(CC)CCNC(=O)NC(=O)c1ccccc1. The number of benzene rings is 1. The van der Waals surface area contributed by atoms with Gasteiger partial charge in [-0.1, -0.05) is 32.0 Å². The Labute approximate surface area is 114 Å². The van der Waals surface area contributed by atoms with Gasteiger partial charge in [0.25, 0.3) is 5.91 Å². The fourth-order valence-electron chi connectivity index (χ4n) is 1.68. The Hall–Kier alpha value is -1.88. The Morgan fingerprint density at radius 2 is 1.74 bits per heavy atom. The standard InChI is InChI=1S/C14H21N3O2/c1-3-17(4-2)11-10-15-14(19)16-13(18)12-8-6-5-7-9-12/h5-9H,3-4,10-11H2,1-2H3,(H2,15,16,18,19). The topological polar surface area (TPSA) is 61.4 Å². The van der Waals surface area contributed by atoms with Crippen molar-refractivity contribution in [3.63, 3.8) is 0 Å². The molecule has 0 saturated carbocycles. The van der Waals surface area contributed by atoms with Gasteiger partial charge in [0.05, 0.1) is 0 Å². The highest BCUT2D eigenvalue weighted by Gasteiger charge is 2.09. The lowest BCUT2D eigenvalue weighted by atomic mass is 10.2. The quantitative estimate of drug-likeness (QED) is 0.817. The van der Waals surface area contributed by atoms with Crippen molar-refractivity contribution in [2.24, 2.45) is 0 Å². The van der Waals surface area contributed by atoms with E-state index in [-0.39, 0.29) is 5.91 Å². The van der Waals surface area contributed by atoms with E-state index in [0.29, 0.717) is 12.1 Å². The predicted molar refractivity (Wildman–Crippen MR) is 75.1 cm³/mol.